The van der Waals surface area contributed by atoms with Crippen molar-refractivity contribution in [1.82, 2.24) is 14.9 Å². The van der Waals surface area contributed by atoms with E-state index in [1.54, 1.807) is 12.1 Å². The van der Waals surface area contributed by atoms with Crippen LogP contribution < -0.4 is 4.90 Å². The van der Waals surface area contributed by atoms with Crippen LogP contribution in [0.15, 0.2) is 54.6 Å². The van der Waals surface area contributed by atoms with Crippen molar-refractivity contribution in [2.45, 2.75) is 25.8 Å². The molecule has 0 saturated carbocycles. The van der Waals surface area contributed by atoms with E-state index in [1.165, 1.54) is 17.3 Å². The molecule has 0 amide bonds. The molecule has 2 heterocycles. The van der Waals surface area contributed by atoms with E-state index in [2.05, 4.69) is 21.9 Å². The second kappa shape index (κ2) is 7.91. The average Bonchev–Trinajstić information content (AvgIpc) is 3.23. The van der Waals surface area contributed by atoms with Crippen LogP contribution in [-0.2, 0) is 19.4 Å². The molecule has 148 valence electrons. The van der Waals surface area contributed by atoms with Crippen molar-refractivity contribution < 1.29 is 4.39 Å². The zero-order chi connectivity index (χ0) is 19.6. The maximum absolute atomic E-state index is 13.5. The lowest BCUT2D eigenvalue weighted by molar-refractivity contribution is 0.249. The molecule has 1 aromatic heterocycles. The fraction of sp³-hybridized carbons (Fsp3) is 0.333. The third kappa shape index (κ3) is 3.87. The zero-order valence-electron chi connectivity index (χ0n) is 16.5. The van der Waals surface area contributed by atoms with E-state index in [9.17, 15) is 4.39 Å². The highest BCUT2D eigenvalue weighted by Gasteiger charge is 2.26. The molecule has 2 aliphatic rings. The zero-order valence-corrected chi connectivity index (χ0v) is 16.5. The number of aryl methyl sites for hydroxylation is 1. The minimum absolute atomic E-state index is 0.161. The first-order valence-corrected chi connectivity index (χ1v) is 10.4. The van der Waals surface area contributed by atoms with Crippen molar-refractivity contribution in [2.75, 3.05) is 31.1 Å². The highest BCUT2D eigenvalue weighted by atomic mass is 19.1. The number of aromatic nitrogens is 2. The number of hydrogen-bond acceptors (Lipinski definition) is 4. The molecule has 0 unspecified atom stereocenters. The first-order chi connectivity index (χ1) is 14.3. The maximum atomic E-state index is 13.5. The lowest BCUT2D eigenvalue weighted by Crippen LogP contribution is -2.46. The Labute approximate surface area is 171 Å². The summed E-state index contributed by atoms with van der Waals surface area (Å²) in [6.07, 6.45) is 3.28. The summed E-state index contributed by atoms with van der Waals surface area (Å²) in [5, 5.41) is 0. The SMILES string of the molecule is Fc1cccc(CN2CCN(c3nc(-c4ccccc4)nc4c3CCC4)CC2)c1. The van der Waals surface area contributed by atoms with Crippen molar-refractivity contribution in [3.63, 3.8) is 0 Å². The molecule has 3 aromatic rings. The number of halogens is 1. The van der Waals surface area contributed by atoms with Gasteiger partial charge in [0.05, 0.1) is 0 Å². The Morgan fingerprint density at radius 3 is 2.48 bits per heavy atom. The minimum atomic E-state index is -0.161. The van der Waals surface area contributed by atoms with Crippen LogP contribution in [0.3, 0.4) is 0 Å². The summed E-state index contributed by atoms with van der Waals surface area (Å²) in [5.41, 5.74) is 4.67. The van der Waals surface area contributed by atoms with E-state index in [0.717, 1.165) is 74.8 Å². The van der Waals surface area contributed by atoms with Crippen molar-refractivity contribution in [2.24, 2.45) is 0 Å². The minimum Gasteiger partial charge on any atom is -0.354 e. The predicted molar refractivity (Wildman–Crippen MR) is 113 cm³/mol. The third-order valence-corrected chi connectivity index (χ3v) is 5.91. The average molecular weight is 388 g/mol. The molecule has 0 atom stereocenters. The molecule has 1 saturated heterocycles. The number of fused-ring (bicyclic) bond motifs is 1. The van der Waals surface area contributed by atoms with Gasteiger partial charge in [-0.05, 0) is 37.0 Å². The van der Waals surface area contributed by atoms with Crippen molar-refractivity contribution in [3.05, 3.63) is 77.2 Å². The molecule has 1 fully saturated rings. The number of anilines is 1. The van der Waals surface area contributed by atoms with E-state index < -0.39 is 0 Å². The van der Waals surface area contributed by atoms with E-state index in [1.807, 2.05) is 24.3 Å². The van der Waals surface area contributed by atoms with Crippen LogP contribution in [0, 0.1) is 5.82 Å². The summed E-state index contributed by atoms with van der Waals surface area (Å²) in [7, 11) is 0. The Hall–Kier alpha value is -2.79. The van der Waals surface area contributed by atoms with Gasteiger partial charge in [0.25, 0.3) is 0 Å². The van der Waals surface area contributed by atoms with E-state index in [0.29, 0.717) is 0 Å². The molecule has 0 radical (unpaired) electrons. The Balaban J connectivity index is 1.35. The summed E-state index contributed by atoms with van der Waals surface area (Å²) in [5.74, 6) is 1.80. The molecule has 29 heavy (non-hydrogen) atoms. The van der Waals surface area contributed by atoms with Gasteiger partial charge >= 0.3 is 0 Å². The molecule has 0 N–H and O–H groups in total. The summed E-state index contributed by atoms with van der Waals surface area (Å²) >= 11 is 0. The smallest absolute Gasteiger partial charge is 0.161 e. The monoisotopic (exact) mass is 388 g/mol. The van der Waals surface area contributed by atoms with Gasteiger partial charge in [0.15, 0.2) is 5.82 Å². The van der Waals surface area contributed by atoms with Gasteiger partial charge in [0, 0.05) is 49.5 Å². The number of nitrogens with zero attached hydrogens (tertiary/aromatic N) is 4. The van der Waals surface area contributed by atoms with Crippen LogP contribution in [0.2, 0.25) is 0 Å². The number of hydrogen-bond donors (Lipinski definition) is 0. The molecule has 5 rings (SSSR count). The molecule has 0 bridgehead atoms. The Bertz CT molecular complexity index is 997. The van der Waals surface area contributed by atoms with Gasteiger partial charge < -0.3 is 4.90 Å². The summed E-state index contributed by atoms with van der Waals surface area (Å²) in [4.78, 5) is 14.7. The van der Waals surface area contributed by atoms with Crippen molar-refractivity contribution >= 4 is 5.82 Å². The normalized spacial score (nSPS) is 16.8. The molecule has 1 aliphatic heterocycles. The van der Waals surface area contributed by atoms with Crippen LogP contribution >= 0.6 is 0 Å². The summed E-state index contributed by atoms with van der Waals surface area (Å²) < 4.78 is 13.5. The number of rotatable bonds is 4. The van der Waals surface area contributed by atoms with Crippen molar-refractivity contribution in [1.29, 1.82) is 0 Å². The van der Waals surface area contributed by atoms with Crippen LogP contribution in [-0.4, -0.2) is 41.0 Å². The van der Waals surface area contributed by atoms with E-state index in [-0.39, 0.29) is 5.82 Å². The molecule has 2 aromatic carbocycles. The highest BCUT2D eigenvalue weighted by molar-refractivity contribution is 5.61. The maximum Gasteiger partial charge on any atom is 0.161 e. The second-order valence-corrected chi connectivity index (χ2v) is 7.91. The largest absolute Gasteiger partial charge is 0.354 e. The Morgan fingerprint density at radius 2 is 1.69 bits per heavy atom. The van der Waals surface area contributed by atoms with Gasteiger partial charge in [-0.25, -0.2) is 14.4 Å². The Kier molecular flexibility index (Phi) is 4.98. The van der Waals surface area contributed by atoms with Crippen molar-refractivity contribution in [3.8, 4) is 11.4 Å². The van der Waals surface area contributed by atoms with Gasteiger partial charge in [-0.15, -0.1) is 0 Å². The summed E-state index contributed by atoms with van der Waals surface area (Å²) in [6.45, 7) is 4.58. The van der Waals surface area contributed by atoms with E-state index in [4.69, 9.17) is 9.97 Å². The fourth-order valence-corrected chi connectivity index (χ4v) is 4.40. The van der Waals surface area contributed by atoms with Gasteiger partial charge in [-0.2, -0.15) is 0 Å². The third-order valence-electron chi connectivity index (χ3n) is 5.91. The molecule has 0 spiro atoms. The van der Waals surface area contributed by atoms with Gasteiger partial charge in [0.1, 0.15) is 11.6 Å². The molecule has 5 heteroatoms. The highest BCUT2D eigenvalue weighted by Crippen LogP contribution is 2.32. The first kappa shape index (κ1) is 18.3. The van der Waals surface area contributed by atoms with Crippen LogP contribution in [0.5, 0.6) is 0 Å². The van der Waals surface area contributed by atoms with Gasteiger partial charge in [0.2, 0.25) is 0 Å². The standard InChI is InChI=1S/C24H25FN4/c25-20-9-4-6-18(16-20)17-28-12-14-29(15-13-28)24-21-10-5-11-22(21)26-23(27-24)19-7-2-1-3-8-19/h1-4,6-9,16H,5,10-15,17H2. The van der Waals surface area contributed by atoms with Crippen LogP contribution in [0.1, 0.15) is 23.2 Å². The number of piperazine rings is 1. The van der Waals surface area contributed by atoms with Crippen LogP contribution in [0.25, 0.3) is 11.4 Å². The molecule has 4 nitrogen and oxygen atoms in total. The lowest BCUT2D eigenvalue weighted by Gasteiger charge is -2.36. The molecular formula is C24H25FN4. The number of benzene rings is 2. The molecule has 1 aliphatic carbocycles. The quantitative estimate of drug-likeness (QED) is 0.674. The predicted octanol–water partition coefficient (Wildman–Crippen LogP) is 4.09. The second-order valence-electron chi connectivity index (χ2n) is 7.91. The summed E-state index contributed by atoms with van der Waals surface area (Å²) in [6, 6.07) is 17.2. The first-order valence-electron chi connectivity index (χ1n) is 10.4. The Morgan fingerprint density at radius 1 is 0.862 bits per heavy atom. The van der Waals surface area contributed by atoms with Gasteiger partial charge in [-0.1, -0.05) is 42.5 Å². The lowest BCUT2D eigenvalue weighted by atomic mass is 10.1. The topological polar surface area (TPSA) is 32.3 Å². The van der Waals surface area contributed by atoms with Crippen LogP contribution in [0.4, 0.5) is 10.2 Å². The van der Waals surface area contributed by atoms with Gasteiger partial charge in [-0.3, -0.25) is 4.90 Å². The fourth-order valence-electron chi connectivity index (χ4n) is 4.40. The molecular weight excluding hydrogens is 363 g/mol. The van der Waals surface area contributed by atoms with E-state index >= 15 is 0 Å².